The Bertz CT molecular complexity index is 259. The summed E-state index contributed by atoms with van der Waals surface area (Å²) < 4.78 is 0. The lowest BCUT2D eigenvalue weighted by Gasteiger charge is -2.62. The van der Waals surface area contributed by atoms with E-state index in [1.165, 1.54) is 0 Å². The summed E-state index contributed by atoms with van der Waals surface area (Å²) in [5.74, 6) is 0. The van der Waals surface area contributed by atoms with E-state index in [0.29, 0.717) is 10.3 Å². The Morgan fingerprint density at radius 2 is 0.833 bits per heavy atom. The molecule has 0 unspecified atom stereocenters. The van der Waals surface area contributed by atoms with Gasteiger partial charge in [0.25, 0.3) is 12.6 Å². The number of rotatable bonds is 2. The molecule has 1 saturated heterocycles. The van der Waals surface area contributed by atoms with Crippen LogP contribution in [0.5, 0.6) is 0 Å². The molecule has 0 N–H and O–H groups in total. The molecular formula is C12H30B2N2P2. The van der Waals surface area contributed by atoms with E-state index in [1.807, 2.05) is 0 Å². The third-order valence-electron chi connectivity index (χ3n) is 3.47. The van der Waals surface area contributed by atoms with Crippen LogP contribution in [0.1, 0.15) is 41.5 Å². The van der Waals surface area contributed by atoms with Crippen molar-refractivity contribution >= 4 is 27.9 Å². The van der Waals surface area contributed by atoms with Crippen molar-refractivity contribution in [1.82, 2.24) is 9.62 Å². The summed E-state index contributed by atoms with van der Waals surface area (Å²) >= 11 is 0. The largest absolute Gasteiger partial charge is 0.341 e. The van der Waals surface area contributed by atoms with Crippen molar-refractivity contribution in [3.8, 4) is 0 Å². The molecule has 0 spiro atoms. The molecule has 0 aromatic carbocycles. The topological polar surface area (TPSA) is 6.48 Å². The highest BCUT2D eigenvalue weighted by molar-refractivity contribution is 8.60. The lowest BCUT2D eigenvalue weighted by atomic mass is 10.2. The van der Waals surface area contributed by atoms with Crippen molar-refractivity contribution in [3.05, 3.63) is 0 Å². The average molecular weight is 286 g/mol. The summed E-state index contributed by atoms with van der Waals surface area (Å²) in [6, 6.07) is 0. The van der Waals surface area contributed by atoms with Gasteiger partial charge < -0.3 is 9.62 Å². The van der Waals surface area contributed by atoms with Crippen LogP contribution in [0, 0.1) is 0 Å². The second-order valence-corrected chi connectivity index (χ2v) is 14.9. The van der Waals surface area contributed by atoms with Crippen molar-refractivity contribution in [3.63, 3.8) is 0 Å². The molecule has 0 aromatic heterocycles. The molecule has 1 rings (SSSR count). The highest BCUT2D eigenvalue weighted by Crippen LogP contribution is 2.83. The van der Waals surface area contributed by atoms with Gasteiger partial charge in [0, 0.05) is 0 Å². The van der Waals surface area contributed by atoms with Crippen molar-refractivity contribution in [2.24, 2.45) is 0 Å². The summed E-state index contributed by atoms with van der Waals surface area (Å²) in [5, 5.41) is 0.895. The highest BCUT2D eigenvalue weighted by atomic mass is 31.2. The Labute approximate surface area is 118 Å². The van der Waals surface area contributed by atoms with Crippen molar-refractivity contribution in [2.45, 2.75) is 51.9 Å². The summed E-state index contributed by atoms with van der Waals surface area (Å²) in [7, 11) is 9.17. The van der Waals surface area contributed by atoms with Gasteiger partial charge in [-0.3, -0.25) is 0 Å². The van der Waals surface area contributed by atoms with Gasteiger partial charge in [-0.2, -0.15) is 0 Å². The van der Waals surface area contributed by atoms with Crippen molar-refractivity contribution < 1.29 is 0 Å². The maximum Gasteiger partial charge on any atom is 0.268 e. The van der Waals surface area contributed by atoms with E-state index >= 15 is 0 Å². The first-order valence-corrected chi connectivity index (χ1v) is 9.75. The molecule has 6 heteroatoms. The van der Waals surface area contributed by atoms with E-state index in [0.717, 1.165) is 12.6 Å². The summed E-state index contributed by atoms with van der Waals surface area (Å²) in [4.78, 5) is 5.02. The standard InChI is InChI=1S/C12H30B2N2P2/c1-11(2,3)17-13(15(7)8)18(12(4,5)6)14(17)16(9)10/h1-10H3. The van der Waals surface area contributed by atoms with Gasteiger partial charge in [-0.15, -0.1) is 15.4 Å². The van der Waals surface area contributed by atoms with E-state index in [-0.39, 0.29) is 15.4 Å². The first-order chi connectivity index (χ1) is 7.89. The maximum absolute atomic E-state index is 2.51. The fourth-order valence-electron chi connectivity index (χ4n) is 2.82. The van der Waals surface area contributed by atoms with Crippen LogP contribution in [0.25, 0.3) is 0 Å². The zero-order chi connectivity index (χ0) is 14.5. The fourth-order valence-corrected chi connectivity index (χ4v) is 14.9. The summed E-state index contributed by atoms with van der Waals surface area (Å²) in [5.41, 5.74) is 0. The van der Waals surface area contributed by atoms with Crippen LogP contribution in [0.2, 0.25) is 0 Å². The quantitative estimate of drug-likeness (QED) is 0.564. The molecule has 0 atom stereocenters. The molecule has 0 aliphatic carbocycles. The monoisotopic (exact) mass is 286 g/mol. The molecule has 0 aromatic rings. The van der Waals surface area contributed by atoms with Crippen LogP contribution in [0.4, 0.5) is 0 Å². The molecule has 0 amide bonds. The third kappa shape index (κ3) is 3.14. The van der Waals surface area contributed by atoms with Crippen LogP contribution in [0.15, 0.2) is 0 Å². The second-order valence-electron chi connectivity index (χ2n) is 7.78. The zero-order valence-electron chi connectivity index (χ0n) is 13.9. The van der Waals surface area contributed by atoms with E-state index in [2.05, 4.69) is 79.4 Å². The Hall–Kier alpha value is 0.910. The maximum atomic E-state index is 2.51. The van der Waals surface area contributed by atoms with Gasteiger partial charge in [0.05, 0.1) is 0 Å². The average Bonchev–Trinajstić information content (AvgIpc) is 1.92. The van der Waals surface area contributed by atoms with Gasteiger partial charge in [-0.05, 0) is 38.5 Å². The van der Waals surface area contributed by atoms with Gasteiger partial charge >= 0.3 is 0 Å². The lowest BCUT2D eigenvalue weighted by molar-refractivity contribution is 0.648. The van der Waals surface area contributed by atoms with Crippen LogP contribution in [-0.4, -0.2) is 60.7 Å². The Kier molecular flexibility index (Phi) is 5.05. The molecule has 0 bridgehead atoms. The Balaban J connectivity index is 3.11. The van der Waals surface area contributed by atoms with E-state index in [1.54, 1.807) is 0 Å². The lowest BCUT2D eigenvalue weighted by Crippen LogP contribution is -2.58. The van der Waals surface area contributed by atoms with Gasteiger partial charge in [0.1, 0.15) is 0 Å². The second kappa shape index (κ2) is 5.36. The molecule has 0 radical (unpaired) electrons. The van der Waals surface area contributed by atoms with Gasteiger partial charge in [-0.25, -0.2) is 0 Å². The van der Waals surface area contributed by atoms with Crippen LogP contribution >= 0.6 is 15.4 Å². The minimum Gasteiger partial charge on any atom is -0.341 e. The third-order valence-corrected chi connectivity index (χ3v) is 13.4. The minimum atomic E-state index is 0.0325. The van der Waals surface area contributed by atoms with Gasteiger partial charge in [-0.1, -0.05) is 41.5 Å². The predicted octanol–water partition coefficient (Wildman–Crippen LogP) is 3.65. The molecule has 18 heavy (non-hydrogen) atoms. The first kappa shape index (κ1) is 17.0. The Morgan fingerprint density at radius 1 is 0.611 bits per heavy atom. The van der Waals surface area contributed by atoms with Crippen molar-refractivity contribution in [2.75, 3.05) is 28.2 Å². The van der Waals surface area contributed by atoms with E-state index in [9.17, 15) is 0 Å². The minimum absolute atomic E-state index is 0.0325. The zero-order valence-corrected chi connectivity index (χ0v) is 15.7. The van der Waals surface area contributed by atoms with Crippen LogP contribution in [0.3, 0.4) is 0 Å². The van der Waals surface area contributed by atoms with Gasteiger partial charge in [0.15, 0.2) is 0 Å². The number of hydrogen-bond acceptors (Lipinski definition) is 2. The molecule has 104 valence electrons. The normalized spacial score (nSPS) is 26.0. The first-order valence-electron chi connectivity index (χ1n) is 6.79. The number of hydrogen-bond donors (Lipinski definition) is 0. The predicted molar refractivity (Wildman–Crippen MR) is 92.2 cm³/mol. The van der Waals surface area contributed by atoms with Crippen LogP contribution < -0.4 is 0 Å². The summed E-state index contributed by atoms with van der Waals surface area (Å²) in [6.07, 6.45) is 1.64. The van der Waals surface area contributed by atoms with Crippen molar-refractivity contribution in [1.29, 1.82) is 0 Å². The van der Waals surface area contributed by atoms with E-state index < -0.39 is 0 Å². The smallest absolute Gasteiger partial charge is 0.268 e. The molecule has 0 saturated carbocycles. The van der Waals surface area contributed by atoms with E-state index in [4.69, 9.17) is 0 Å². The molecule has 1 aliphatic heterocycles. The molecule has 1 aliphatic rings. The molecule has 1 fully saturated rings. The molecule has 2 nitrogen and oxygen atoms in total. The summed E-state index contributed by atoms with van der Waals surface area (Å²) in [6.45, 7) is 14.6. The molecular weight excluding hydrogens is 256 g/mol. The molecule has 1 heterocycles. The highest BCUT2D eigenvalue weighted by Gasteiger charge is 2.64. The number of nitrogens with zero attached hydrogens (tertiary/aromatic N) is 2. The SMILES string of the molecule is CN(C)B1P(C(C)(C)C)B(N(C)C)P1C(C)(C)C. The van der Waals surface area contributed by atoms with Crippen LogP contribution in [-0.2, 0) is 0 Å². The Morgan fingerprint density at radius 3 is 0.944 bits per heavy atom. The fraction of sp³-hybridized carbons (Fsp3) is 1.00. The van der Waals surface area contributed by atoms with Gasteiger partial charge in [0.2, 0.25) is 0 Å².